The Morgan fingerprint density at radius 3 is 2.64 bits per heavy atom. The minimum atomic E-state index is -0.389. The van der Waals surface area contributed by atoms with Crippen molar-refractivity contribution in [3.63, 3.8) is 0 Å². The van der Waals surface area contributed by atoms with Crippen LogP contribution in [-0.4, -0.2) is 17.9 Å². The number of carbonyl (C=O) groups is 2. The fourth-order valence-corrected chi connectivity index (χ4v) is 2.30. The second kappa shape index (κ2) is 7.61. The van der Waals surface area contributed by atoms with E-state index in [-0.39, 0.29) is 17.9 Å². The Kier molecular flexibility index (Phi) is 5.55. The van der Waals surface area contributed by atoms with E-state index in [4.69, 9.17) is 4.74 Å². The van der Waals surface area contributed by atoms with Crippen molar-refractivity contribution in [3.8, 4) is 5.75 Å². The molecule has 116 valence electrons. The molecule has 22 heavy (non-hydrogen) atoms. The molecule has 0 saturated heterocycles. The van der Waals surface area contributed by atoms with Crippen molar-refractivity contribution in [2.45, 2.75) is 26.4 Å². The number of rotatable bonds is 5. The van der Waals surface area contributed by atoms with E-state index in [2.05, 4.69) is 10.9 Å². The van der Waals surface area contributed by atoms with Crippen molar-refractivity contribution in [2.24, 2.45) is 0 Å². The summed E-state index contributed by atoms with van der Waals surface area (Å²) >= 11 is 1.31. The average Bonchev–Trinajstić information content (AvgIpc) is 3.07. The van der Waals surface area contributed by atoms with Gasteiger partial charge in [0, 0.05) is 5.56 Å². The van der Waals surface area contributed by atoms with Crippen molar-refractivity contribution < 1.29 is 14.3 Å². The van der Waals surface area contributed by atoms with Gasteiger partial charge in [-0.25, -0.2) is 0 Å². The number of thiophene rings is 1. The van der Waals surface area contributed by atoms with Gasteiger partial charge in [-0.2, -0.15) is 0 Å². The summed E-state index contributed by atoms with van der Waals surface area (Å²) < 4.78 is 5.67. The Morgan fingerprint density at radius 2 is 1.95 bits per heavy atom. The van der Waals surface area contributed by atoms with Crippen LogP contribution >= 0.6 is 11.3 Å². The van der Waals surface area contributed by atoms with Crippen LogP contribution in [0.2, 0.25) is 0 Å². The van der Waals surface area contributed by atoms with Crippen LogP contribution < -0.4 is 15.6 Å². The van der Waals surface area contributed by atoms with E-state index in [1.165, 1.54) is 11.3 Å². The SMILES string of the molecule is CC[C@@H](C)Oc1cccc(C(=O)NNC(=O)c2cccs2)c1. The molecule has 1 aromatic heterocycles. The largest absolute Gasteiger partial charge is 0.491 e. The molecule has 5 nitrogen and oxygen atoms in total. The summed E-state index contributed by atoms with van der Waals surface area (Å²) in [5.41, 5.74) is 5.20. The van der Waals surface area contributed by atoms with E-state index in [0.717, 1.165) is 6.42 Å². The summed E-state index contributed by atoms with van der Waals surface area (Å²) in [6, 6.07) is 10.3. The molecule has 6 heteroatoms. The lowest BCUT2D eigenvalue weighted by Gasteiger charge is -2.13. The van der Waals surface area contributed by atoms with Gasteiger partial charge in [0.25, 0.3) is 11.8 Å². The highest BCUT2D eigenvalue weighted by molar-refractivity contribution is 7.12. The van der Waals surface area contributed by atoms with Crippen molar-refractivity contribution >= 4 is 23.2 Å². The van der Waals surface area contributed by atoms with E-state index < -0.39 is 0 Å². The van der Waals surface area contributed by atoms with Gasteiger partial charge >= 0.3 is 0 Å². The topological polar surface area (TPSA) is 67.4 Å². The molecular weight excluding hydrogens is 300 g/mol. The van der Waals surface area contributed by atoms with Crippen LogP contribution in [0.5, 0.6) is 5.75 Å². The van der Waals surface area contributed by atoms with Gasteiger partial charge in [0.2, 0.25) is 0 Å². The van der Waals surface area contributed by atoms with Crippen LogP contribution in [0.25, 0.3) is 0 Å². The van der Waals surface area contributed by atoms with Gasteiger partial charge in [-0.3, -0.25) is 20.4 Å². The first-order valence-corrected chi connectivity index (χ1v) is 7.89. The number of hydrogen-bond donors (Lipinski definition) is 2. The Hall–Kier alpha value is -2.34. The van der Waals surface area contributed by atoms with E-state index in [1.54, 1.807) is 41.8 Å². The minimum absolute atomic E-state index is 0.0804. The normalized spacial score (nSPS) is 11.5. The molecule has 2 N–H and O–H groups in total. The highest BCUT2D eigenvalue weighted by atomic mass is 32.1. The lowest BCUT2D eigenvalue weighted by atomic mass is 10.2. The first-order valence-electron chi connectivity index (χ1n) is 7.01. The Morgan fingerprint density at radius 1 is 1.18 bits per heavy atom. The second-order valence-electron chi connectivity index (χ2n) is 4.75. The minimum Gasteiger partial charge on any atom is -0.491 e. The van der Waals surface area contributed by atoms with Crippen LogP contribution in [0.1, 0.15) is 40.3 Å². The van der Waals surface area contributed by atoms with Crippen LogP contribution in [0, 0.1) is 0 Å². The highest BCUT2D eigenvalue weighted by Crippen LogP contribution is 2.15. The molecule has 0 aliphatic carbocycles. The first kappa shape index (κ1) is 16.0. The summed E-state index contributed by atoms with van der Waals surface area (Å²) in [5.74, 6) is -0.0959. The number of hydrogen-bond acceptors (Lipinski definition) is 4. The third-order valence-corrected chi connectivity index (χ3v) is 3.91. The molecule has 0 fully saturated rings. The maximum absolute atomic E-state index is 12.0. The molecule has 1 aromatic carbocycles. The van der Waals surface area contributed by atoms with Gasteiger partial charge in [-0.05, 0) is 43.0 Å². The molecule has 2 aromatic rings. The summed E-state index contributed by atoms with van der Waals surface area (Å²) in [4.78, 5) is 24.3. The van der Waals surface area contributed by atoms with Gasteiger partial charge in [0.15, 0.2) is 0 Å². The zero-order valence-corrected chi connectivity index (χ0v) is 13.3. The molecule has 0 unspecified atom stereocenters. The molecule has 1 atom stereocenters. The number of carbonyl (C=O) groups excluding carboxylic acids is 2. The van der Waals surface area contributed by atoms with Crippen molar-refractivity contribution in [2.75, 3.05) is 0 Å². The van der Waals surface area contributed by atoms with E-state index in [1.807, 2.05) is 13.8 Å². The van der Waals surface area contributed by atoms with Gasteiger partial charge in [-0.1, -0.05) is 19.1 Å². The quantitative estimate of drug-likeness (QED) is 0.833. The van der Waals surface area contributed by atoms with E-state index in [0.29, 0.717) is 16.2 Å². The predicted octanol–water partition coefficient (Wildman–Crippen LogP) is 3.00. The standard InChI is InChI=1S/C16H18N2O3S/c1-3-11(2)21-13-7-4-6-12(10-13)15(19)17-18-16(20)14-8-5-9-22-14/h4-11H,3H2,1-2H3,(H,17,19)(H,18,20)/t11-/m1/s1. The molecule has 0 aliphatic heterocycles. The van der Waals surface area contributed by atoms with Gasteiger partial charge < -0.3 is 4.74 Å². The summed E-state index contributed by atoms with van der Waals surface area (Å²) in [6.45, 7) is 4.00. The zero-order chi connectivity index (χ0) is 15.9. The Balaban J connectivity index is 1.95. The molecule has 0 spiro atoms. The van der Waals surface area contributed by atoms with E-state index in [9.17, 15) is 9.59 Å². The van der Waals surface area contributed by atoms with Crippen LogP contribution in [0.3, 0.4) is 0 Å². The number of ether oxygens (including phenoxy) is 1. The summed E-state index contributed by atoms with van der Waals surface area (Å²) in [5, 5.41) is 1.80. The first-order chi connectivity index (χ1) is 10.6. The average molecular weight is 318 g/mol. The third kappa shape index (κ3) is 4.33. The summed E-state index contributed by atoms with van der Waals surface area (Å²) in [6.07, 6.45) is 0.963. The van der Waals surface area contributed by atoms with Crippen LogP contribution in [0.4, 0.5) is 0 Å². The number of amides is 2. The lowest BCUT2D eigenvalue weighted by molar-refractivity contribution is 0.0848. The fraction of sp³-hybridized carbons (Fsp3) is 0.250. The van der Waals surface area contributed by atoms with E-state index >= 15 is 0 Å². The number of nitrogens with one attached hydrogen (secondary N) is 2. The Labute approximate surface area is 133 Å². The van der Waals surface area contributed by atoms with Crippen molar-refractivity contribution in [1.82, 2.24) is 10.9 Å². The molecule has 0 radical (unpaired) electrons. The van der Waals surface area contributed by atoms with Crippen LogP contribution in [-0.2, 0) is 0 Å². The molecule has 2 rings (SSSR count). The number of benzene rings is 1. The molecular formula is C16H18N2O3S. The zero-order valence-electron chi connectivity index (χ0n) is 12.5. The molecule has 1 heterocycles. The van der Waals surface area contributed by atoms with Crippen molar-refractivity contribution in [1.29, 1.82) is 0 Å². The van der Waals surface area contributed by atoms with Crippen molar-refractivity contribution in [3.05, 3.63) is 52.2 Å². The molecule has 0 bridgehead atoms. The van der Waals surface area contributed by atoms with Gasteiger partial charge in [0.05, 0.1) is 11.0 Å². The molecule has 0 saturated carbocycles. The second-order valence-corrected chi connectivity index (χ2v) is 5.70. The summed E-state index contributed by atoms with van der Waals surface area (Å²) in [7, 11) is 0. The predicted molar refractivity (Wildman–Crippen MR) is 86.1 cm³/mol. The lowest BCUT2D eigenvalue weighted by Crippen LogP contribution is -2.41. The maximum atomic E-state index is 12.0. The monoisotopic (exact) mass is 318 g/mol. The third-order valence-electron chi connectivity index (χ3n) is 3.04. The number of hydrazine groups is 1. The van der Waals surface area contributed by atoms with Gasteiger partial charge in [0.1, 0.15) is 5.75 Å². The smallest absolute Gasteiger partial charge is 0.279 e. The maximum Gasteiger partial charge on any atom is 0.279 e. The van der Waals surface area contributed by atoms with Crippen LogP contribution in [0.15, 0.2) is 41.8 Å². The molecule has 2 amide bonds. The Bertz CT molecular complexity index is 641. The highest BCUT2D eigenvalue weighted by Gasteiger charge is 2.11. The molecule has 0 aliphatic rings. The fourth-order valence-electron chi connectivity index (χ4n) is 1.68. The van der Waals surface area contributed by atoms with Gasteiger partial charge in [-0.15, -0.1) is 11.3 Å².